The van der Waals surface area contributed by atoms with Crippen LogP contribution in [0.5, 0.6) is 5.75 Å². The fourth-order valence-corrected chi connectivity index (χ4v) is 4.10. The van der Waals surface area contributed by atoms with E-state index in [1.54, 1.807) is 35.3 Å². The highest BCUT2D eigenvalue weighted by Crippen LogP contribution is 2.20. The number of nitrogens with zero attached hydrogens (tertiary/aromatic N) is 3. The van der Waals surface area contributed by atoms with Gasteiger partial charge in [-0.25, -0.2) is 0 Å². The van der Waals surface area contributed by atoms with Crippen molar-refractivity contribution in [2.45, 2.75) is 11.8 Å². The predicted octanol–water partition coefficient (Wildman–Crippen LogP) is 2.76. The van der Waals surface area contributed by atoms with E-state index in [0.29, 0.717) is 5.82 Å². The number of sulfonamides is 1. The third-order valence-electron chi connectivity index (χ3n) is 3.58. The van der Waals surface area contributed by atoms with Crippen molar-refractivity contribution in [3.05, 3.63) is 58.9 Å². The van der Waals surface area contributed by atoms with Crippen LogP contribution in [-0.4, -0.2) is 24.5 Å². The molecular weight excluding hydrogens is 358 g/mol. The lowest BCUT2D eigenvalue weighted by molar-refractivity contribution is 0.415. The summed E-state index contributed by atoms with van der Waals surface area (Å²) in [6, 6.07) is 14.0. The smallest absolute Gasteiger partial charge is 0.285 e. The van der Waals surface area contributed by atoms with Gasteiger partial charge in [-0.15, -0.1) is 4.40 Å². The fraction of sp³-hybridized carbons (Fsp3) is 0.176. The van der Waals surface area contributed by atoms with E-state index < -0.39 is 10.0 Å². The molecular formula is C17H17N3O3S2. The highest BCUT2D eigenvalue weighted by Gasteiger charge is 2.14. The lowest BCUT2D eigenvalue weighted by atomic mass is 10.2. The minimum Gasteiger partial charge on any atom is -0.497 e. The Labute approximate surface area is 150 Å². The molecule has 0 fully saturated rings. The number of benzene rings is 2. The molecule has 0 atom stereocenters. The molecule has 130 valence electrons. The Bertz CT molecular complexity index is 1050. The van der Waals surface area contributed by atoms with Gasteiger partial charge in [-0.1, -0.05) is 17.7 Å². The van der Waals surface area contributed by atoms with Crippen molar-refractivity contribution in [2.75, 3.05) is 7.11 Å². The first-order chi connectivity index (χ1) is 11.9. The Kier molecular flexibility index (Phi) is 4.73. The van der Waals surface area contributed by atoms with Gasteiger partial charge in [0.25, 0.3) is 10.0 Å². The number of aryl methyl sites for hydroxylation is 2. The average molecular weight is 375 g/mol. The van der Waals surface area contributed by atoms with Crippen LogP contribution < -0.4 is 9.54 Å². The van der Waals surface area contributed by atoms with Gasteiger partial charge in [0.15, 0.2) is 5.82 Å². The minimum absolute atomic E-state index is 0.155. The van der Waals surface area contributed by atoms with Gasteiger partial charge in [0, 0.05) is 12.6 Å². The van der Waals surface area contributed by atoms with Crippen LogP contribution >= 0.6 is 11.5 Å². The number of hydrogen-bond donors (Lipinski definition) is 0. The summed E-state index contributed by atoms with van der Waals surface area (Å²) in [5.74, 6) is 1.39. The molecule has 0 unspecified atom stereocenters. The van der Waals surface area contributed by atoms with E-state index in [2.05, 4.69) is 9.38 Å². The molecule has 3 aromatic rings. The van der Waals surface area contributed by atoms with Crippen LogP contribution in [0.25, 0.3) is 11.4 Å². The maximum Gasteiger partial charge on any atom is 0.285 e. The SMILES string of the molecule is COc1ccc(-c2n/c(=N/S(=O)(=O)c3ccc(C)cc3)sn2C)cc1. The normalized spacial score (nSPS) is 12.4. The standard InChI is InChI=1S/C17H17N3O3S2/c1-12-4-10-15(11-5-12)25(21,22)19-17-18-16(20(2)24-17)13-6-8-14(23-3)9-7-13/h4-11H,1-3H3/b19-17-. The van der Waals surface area contributed by atoms with Gasteiger partial charge in [0.2, 0.25) is 4.80 Å². The van der Waals surface area contributed by atoms with Gasteiger partial charge in [-0.05, 0) is 54.9 Å². The molecule has 0 amide bonds. The number of methoxy groups -OCH3 is 1. The molecule has 6 nitrogen and oxygen atoms in total. The summed E-state index contributed by atoms with van der Waals surface area (Å²) in [5, 5.41) is 0. The zero-order valence-electron chi connectivity index (χ0n) is 14.0. The largest absolute Gasteiger partial charge is 0.497 e. The van der Waals surface area contributed by atoms with E-state index in [1.807, 2.05) is 38.2 Å². The molecule has 1 heterocycles. The van der Waals surface area contributed by atoms with Crippen molar-refractivity contribution < 1.29 is 13.2 Å². The molecule has 0 spiro atoms. The second-order valence-electron chi connectivity index (χ2n) is 5.41. The molecule has 0 aliphatic heterocycles. The van der Waals surface area contributed by atoms with E-state index in [0.717, 1.165) is 16.9 Å². The van der Waals surface area contributed by atoms with Crippen molar-refractivity contribution in [3.8, 4) is 17.1 Å². The highest BCUT2D eigenvalue weighted by atomic mass is 32.2. The van der Waals surface area contributed by atoms with Gasteiger partial charge in [-0.3, -0.25) is 3.96 Å². The maximum atomic E-state index is 12.4. The lowest BCUT2D eigenvalue weighted by Gasteiger charge is -2.02. The molecule has 2 aromatic carbocycles. The molecule has 3 rings (SSSR count). The summed E-state index contributed by atoms with van der Waals surface area (Å²) in [5.41, 5.74) is 1.84. The zero-order valence-corrected chi connectivity index (χ0v) is 15.6. The summed E-state index contributed by atoms with van der Waals surface area (Å²) in [6.07, 6.45) is 0. The molecule has 0 saturated carbocycles. The molecule has 0 aliphatic carbocycles. The molecule has 0 saturated heterocycles. The molecule has 0 bridgehead atoms. The summed E-state index contributed by atoms with van der Waals surface area (Å²) < 4.78 is 35.6. The third-order valence-corrected chi connectivity index (χ3v) is 5.77. The molecule has 1 aromatic heterocycles. The predicted molar refractivity (Wildman–Crippen MR) is 97.0 cm³/mol. The number of ether oxygens (including phenoxy) is 1. The van der Waals surface area contributed by atoms with Gasteiger partial charge in [0.05, 0.1) is 12.0 Å². The van der Waals surface area contributed by atoms with Gasteiger partial charge < -0.3 is 4.74 Å². The quantitative estimate of drug-likeness (QED) is 0.703. The van der Waals surface area contributed by atoms with Crippen molar-refractivity contribution in [1.82, 2.24) is 8.94 Å². The van der Waals surface area contributed by atoms with Crippen molar-refractivity contribution in [1.29, 1.82) is 0 Å². The maximum absolute atomic E-state index is 12.4. The first-order valence-corrected chi connectivity index (χ1v) is 9.67. The van der Waals surface area contributed by atoms with Gasteiger partial charge in [0.1, 0.15) is 5.75 Å². The summed E-state index contributed by atoms with van der Waals surface area (Å²) in [7, 11) is -0.371. The molecule has 0 radical (unpaired) electrons. The highest BCUT2D eigenvalue weighted by molar-refractivity contribution is 7.90. The summed E-state index contributed by atoms with van der Waals surface area (Å²) >= 11 is 1.17. The molecule has 0 aliphatic rings. The number of hydrogen-bond acceptors (Lipinski definition) is 5. The third kappa shape index (κ3) is 3.80. The van der Waals surface area contributed by atoms with Crippen LogP contribution in [0.15, 0.2) is 57.8 Å². The van der Waals surface area contributed by atoms with E-state index in [4.69, 9.17) is 4.74 Å². The summed E-state index contributed by atoms with van der Waals surface area (Å²) in [4.78, 5) is 4.70. The van der Waals surface area contributed by atoms with E-state index in [9.17, 15) is 8.42 Å². The Hall–Kier alpha value is -2.45. The first-order valence-electron chi connectivity index (χ1n) is 7.45. The fourth-order valence-electron chi connectivity index (χ4n) is 2.24. The second kappa shape index (κ2) is 6.81. The molecule has 25 heavy (non-hydrogen) atoms. The molecule has 0 N–H and O–H groups in total. The monoisotopic (exact) mass is 375 g/mol. The van der Waals surface area contributed by atoms with Gasteiger partial charge >= 0.3 is 0 Å². The zero-order chi connectivity index (χ0) is 18.0. The van der Waals surface area contributed by atoms with Crippen LogP contribution in [0.4, 0.5) is 0 Å². The van der Waals surface area contributed by atoms with Crippen LogP contribution in [-0.2, 0) is 17.1 Å². The first kappa shape index (κ1) is 17.4. The number of rotatable bonds is 4. The lowest BCUT2D eigenvalue weighted by Crippen LogP contribution is -2.06. The minimum atomic E-state index is -3.79. The Morgan fingerprint density at radius 1 is 1.08 bits per heavy atom. The van der Waals surface area contributed by atoms with Crippen LogP contribution in [0.3, 0.4) is 0 Å². The van der Waals surface area contributed by atoms with Crippen molar-refractivity contribution >= 4 is 21.6 Å². The van der Waals surface area contributed by atoms with Gasteiger partial charge in [-0.2, -0.15) is 13.4 Å². The van der Waals surface area contributed by atoms with E-state index in [1.165, 1.54) is 11.5 Å². The van der Waals surface area contributed by atoms with Crippen LogP contribution in [0, 0.1) is 6.92 Å². The Balaban J connectivity index is 2.01. The molecule has 8 heteroatoms. The Morgan fingerprint density at radius 3 is 2.32 bits per heavy atom. The Morgan fingerprint density at radius 2 is 1.72 bits per heavy atom. The van der Waals surface area contributed by atoms with E-state index >= 15 is 0 Å². The van der Waals surface area contributed by atoms with Crippen molar-refractivity contribution in [2.24, 2.45) is 11.4 Å². The topological polar surface area (TPSA) is 73.6 Å². The van der Waals surface area contributed by atoms with E-state index in [-0.39, 0.29) is 9.70 Å². The average Bonchev–Trinajstić information content (AvgIpc) is 2.95. The van der Waals surface area contributed by atoms with Crippen LogP contribution in [0.1, 0.15) is 5.56 Å². The second-order valence-corrected chi connectivity index (χ2v) is 8.11. The van der Waals surface area contributed by atoms with Crippen molar-refractivity contribution in [3.63, 3.8) is 0 Å². The van der Waals surface area contributed by atoms with Crippen LogP contribution in [0.2, 0.25) is 0 Å². The number of aromatic nitrogens is 2. The summed E-state index contributed by atoms with van der Waals surface area (Å²) in [6.45, 7) is 1.90.